The first-order chi connectivity index (χ1) is 18.1. The van der Waals surface area contributed by atoms with Crippen molar-refractivity contribution in [2.75, 3.05) is 20.8 Å². The van der Waals surface area contributed by atoms with Crippen molar-refractivity contribution < 1.29 is 19.3 Å². The summed E-state index contributed by atoms with van der Waals surface area (Å²) in [6.45, 7) is 4.24. The highest BCUT2D eigenvalue weighted by Gasteiger charge is 2.38. The molecule has 0 heterocycles. The van der Waals surface area contributed by atoms with Crippen LogP contribution in [0.5, 0.6) is 11.5 Å². The van der Waals surface area contributed by atoms with Gasteiger partial charge in [-0.2, -0.15) is 0 Å². The van der Waals surface area contributed by atoms with Gasteiger partial charge in [-0.1, -0.05) is 103 Å². The largest absolute Gasteiger partial charge is 0.493 e. The zero-order chi connectivity index (χ0) is 26.1. The van der Waals surface area contributed by atoms with Crippen LogP contribution in [0.25, 0.3) is 0 Å². The third kappa shape index (κ3) is 5.61. The smallest absolute Gasteiger partial charge is 0.161 e. The molecule has 0 aliphatic carbocycles. The lowest BCUT2D eigenvalue weighted by molar-refractivity contribution is -0.0379. The lowest BCUT2D eigenvalue weighted by Gasteiger charge is -2.37. The number of benzene rings is 4. The van der Waals surface area contributed by atoms with Crippen molar-refractivity contribution in [1.29, 1.82) is 0 Å². The van der Waals surface area contributed by atoms with Gasteiger partial charge in [0.05, 0.1) is 26.9 Å². The summed E-state index contributed by atoms with van der Waals surface area (Å²) >= 11 is 0. The summed E-state index contributed by atoms with van der Waals surface area (Å²) in [4.78, 5) is 0. The second kappa shape index (κ2) is 12.4. The molecule has 0 aliphatic rings. The maximum atomic E-state index is 11.5. The Morgan fingerprint density at radius 2 is 1.22 bits per heavy atom. The Morgan fingerprint density at radius 3 is 1.65 bits per heavy atom. The van der Waals surface area contributed by atoms with Crippen molar-refractivity contribution in [1.82, 2.24) is 0 Å². The van der Waals surface area contributed by atoms with Gasteiger partial charge in [-0.25, -0.2) is 0 Å². The van der Waals surface area contributed by atoms with E-state index in [9.17, 15) is 5.11 Å². The van der Waals surface area contributed by atoms with E-state index in [1.807, 2.05) is 78.9 Å². The minimum Gasteiger partial charge on any atom is -0.493 e. The van der Waals surface area contributed by atoms with E-state index in [1.165, 1.54) is 0 Å². The van der Waals surface area contributed by atoms with Crippen LogP contribution in [0.3, 0.4) is 0 Å². The lowest BCUT2D eigenvalue weighted by atomic mass is 9.80. The van der Waals surface area contributed by atoms with Crippen molar-refractivity contribution in [3.05, 3.63) is 144 Å². The molecule has 0 saturated heterocycles. The van der Waals surface area contributed by atoms with Crippen LogP contribution in [-0.2, 0) is 10.3 Å². The molecule has 4 aromatic carbocycles. The Kier molecular flexibility index (Phi) is 8.78. The molecule has 4 rings (SSSR count). The van der Waals surface area contributed by atoms with Crippen LogP contribution in [0.15, 0.2) is 122 Å². The number of hydrogen-bond acceptors (Lipinski definition) is 4. The summed E-state index contributed by atoms with van der Waals surface area (Å²) in [5, 5.41) is 11.5. The van der Waals surface area contributed by atoms with E-state index < -0.39 is 11.7 Å². The topological polar surface area (TPSA) is 47.9 Å². The van der Waals surface area contributed by atoms with Gasteiger partial charge in [-0.05, 0) is 40.8 Å². The predicted octanol–water partition coefficient (Wildman–Crippen LogP) is 6.94. The Bertz CT molecular complexity index is 1160. The van der Waals surface area contributed by atoms with Crippen LogP contribution in [0.4, 0.5) is 0 Å². The Labute approximate surface area is 219 Å². The lowest BCUT2D eigenvalue weighted by Crippen LogP contribution is -2.35. The first-order valence-corrected chi connectivity index (χ1v) is 12.5. The molecule has 0 aromatic heterocycles. The van der Waals surface area contributed by atoms with E-state index in [-0.39, 0.29) is 5.92 Å². The van der Waals surface area contributed by atoms with E-state index in [0.717, 1.165) is 22.3 Å². The molecule has 0 radical (unpaired) electrons. The summed E-state index contributed by atoms with van der Waals surface area (Å²) in [5.74, 6) is 0.946. The van der Waals surface area contributed by atoms with Crippen LogP contribution >= 0.6 is 0 Å². The fourth-order valence-corrected chi connectivity index (χ4v) is 4.81. The normalized spacial score (nSPS) is 12.9. The Balaban J connectivity index is 1.76. The second-order valence-corrected chi connectivity index (χ2v) is 8.93. The Hall–Kier alpha value is -3.86. The van der Waals surface area contributed by atoms with Gasteiger partial charge in [-0.3, -0.25) is 0 Å². The highest BCUT2D eigenvalue weighted by atomic mass is 16.5. The number of aliphatic hydroxyl groups excluding tert-OH is 1. The maximum absolute atomic E-state index is 11.5. The van der Waals surface area contributed by atoms with E-state index in [0.29, 0.717) is 24.5 Å². The zero-order valence-corrected chi connectivity index (χ0v) is 21.4. The number of aliphatic hydroxyl groups is 1. The fourth-order valence-electron chi connectivity index (χ4n) is 4.81. The molecule has 37 heavy (non-hydrogen) atoms. The minimum absolute atomic E-state index is 0.244. The second-order valence-electron chi connectivity index (χ2n) is 8.93. The third-order valence-electron chi connectivity index (χ3n) is 6.72. The third-order valence-corrected chi connectivity index (χ3v) is 6.72. The summed E-state index contributed by atoms with van der Waals surface area (Å²) in [7, 11) is 3.19. The van der Waals surface area contributed by atoms with E-state index in [2.05, 4.69) is 43.0 Å². The monoisotopic (exact) mass is 494 g/mol. The predicted molar refractivity (Wildman–Crippen MR) is 148 cm³/mol. The molecule has 4 aromatic rings. The molecule has 4 heteroatoms. The maximum Gasteiger partial charge on any atom is 0.161 e. The van der Waals surface area contributed by atoms with Gasteiger partial charge in [0, 0.05) is 5.92 Å². The number of rotatable bonds is 12. The average molecular weight is 495 g/mol. The highest BCUT2D eigenvalue weighted by Crippen LogP contribution is 2.42. The van der Waals surface area contributed by atoms with Gasteiger partial charge in [-0.15, -0.1) is 6.58 Å². The van der Waals surface area contributed by atoms with Crippen LogP contribution in [-0.4, -0.2) is 25.9 Å². The van der Waals surface area contributed by atoms with Gasteiger partial charge < -0.3 is 19.3 Å². The van der Waals surface area contributed by atoms with E-state index >= 15 is 0 Å². The molecule has 0 fully saturated rings. The molecule has 1 N–H and O–H groups in total. The molecular formula is C33H34O4. The van der Waals surface area contributed by atoms with E-state index in [4.69, 9.17) is 14.2 Å². The molecule has 0 spiro atoms. The number of ether oxygens (including phenoxy) is 3. The van der Waals surface area contributed by atoms with Crippen molar-refractivity contribution in [2.24, 2.45) is 5.92 Å². The van der Waals surface area contributed by atoms with Crippen LogP contribution < -0.4 is 9.47 Å². The summed E-state index contributed by atoms with van der Waals surface area (Å²) in [6.07, 6.45) is 1.61. The zero-order valence-electron chi connectivity index (χ0n) is 21.4. The average Bonchev–Trinajstić information content (AvgIpc) is 2.97. The molecule has 190 valence electrons. The van der Waals surface area contributed by atoms with Gasteiger partial charge in [0.15, 0.2) is 11.5 Å². The summed E-state index contributed by atoms with van der Waals surface area (Å²) in [5.41, 5.74) is 2.93. The molecule has 2 atom stereocenters. The highest BCUT2D eigenvalue weighted by molar-refractivity contribution is 5.47. The number of hydrogen-bond donors (Lipinski definition) is 1. The molecule has 0 saturated carbocycles. The first-order valence-electron chi connectivity index (χ1n) is 12.5. The van der Waals surface area contributed by atoms with Crippen molar-refractivity contribution >= 4 is 0 Å². The van der Waals surface area contributed by atoms with Crippen LogP contribution in [0.2, 0.25) is 0 Å². The molecule has 0 amide bonds. The standard InChI is InChI=1S/C33H34O4/c1-4-14-26(32(34)25-21-22-30(35-2)31(23-25)36-3)24-37-33(27-15-8-5-9-16-27,28-17-10-6-11-18-28)29-19-12-7-13-20-29/h4-13,15-23,26,32,34H,1,14,24H2,2-3H3/t26-,32-/m1/s1. The van der Waals surface area contributed by atoms with Crippen molar-refractivity contribution in [2.45, 2.75) is 18.1 Å². The molecule has 0 unspecified atom stereocenters. The van der Waals surface area contributed by atoms with E-state index in [1.54, 1.807) is 14.2 Å². The number of allylic oxidation sites excluding steroid dienone is 1. The fraction of sp³-hybridized carbons (Fsp3) is 0.212. The van der Waals surface area contributed by atoms with Crippen LogP contribution in [0.1, 0.15) is 34.8 Å². The van der Waals surface area contributed by atoms with Crippen molar-refractivity contribution in [3.8, 4) is 11.5 Å². The molecule has 4 nitrogen and oxygen atoms in total. The minimum atomic E-state index is -0.861. The molecular weight excluding hydrogens is 460 g/mol. The number of methoxy groups -OCH3 is 2. The quantitative estimate of drug-likeness (QED) is 0.171. The van der Waals surface area contributed by atoms with Gasteiger partial charge in [0.2, 0.25) is 0 Å². The first kappa shape index (κ1) is 26.2. The SMILES string of the molecule is C=CC[C@H](COC(c1ccccc1)(c1ccccc1)c1ccccc1)[C@H](O)c1ccc(OC)c(OC)c1. The molecule has 0 bridgehead atoms. The van der Waals surface area contributed by atoms with Crippen LogP contribution in [0, 0.1) is 5.92 Å². The van der Waals surface area contributed by atoms with Crippen molar-refractivity contribution in [3.63, 3.8) is 0 Å². The Morgan fingerprint density at radius 1 is 0.730 bits per heavy atom. The van der Waals surface area contributed by atoms with Gasteiger partial charge >= 0.3 is 0 Å². The summed E-state index contributed by atoms with van der Waals surface area (Å²) in [6, 6.07) is 36.2. The molecule has 0 aliphatic heterocycles. The van der Waals surface area contributed by atoms with Gasteiger partial charge in [0.1, 0.15) is 5.60 Å². The van der Waals surface area contributed by atoms with Gasteiger partial charge in [0.25, 0.3) is 0 Å². The summed E-state index contributed by atoms with van der Waals surface area (Å²) < 4.78 is 17.8.